The van der Waals surface area contributed by atoms with Crippen molar-refractivity contribution in [3.05, 3.63) is 98.0 Å². The lowest BCUT2D eigenvalue weighted by molar-refractivity contribution is -0.116. The van der Waals surface area contributed by atoms with Crippen LogP contribution in [0.3, 0.4) is 0 Å². The van der Waals surface area contributed by atoms with Gasteiger partial charge >= 0.3 is 0 Å². The molecule has 0 bridgehead atoms. The maximum Gasteiger partial charge on any atom is 0.260 e. The number of carbonyl (C=O) groups excluding carboxylic acids is 1. The summed E-state index contributed by atoms with van der Waals surface area (Å²) in [4.78, 5) is 13.6. The van der Waals surface area contributed by atoms with Gasteiger partial charge in [0.15, 0.2) is 5.50 Å². The third-order valence-electron chi connectivity index (χ3n) is 6.27. The first-order valence-electron chi connectivity index (χ1n) is 11.5. The topological polar surface area (TPSA) is 55.3 Å². The van der Waals surface area contributed by atoms with E-state index in [1.807, 2.05) is 55.5 Å². The molecule has 2 N–H and O–H groups in total. The molecule has 1 amide bonds. The van der Waals surface area contributed by atoms with Gasteiger partial charge in [0.25, 0.3) is 5.91 Å². The summed E-state index contributed by atoms with van der Waals surface area (Å²) in [6.45, 7) is 4.69. The van der Waals surface area contributed by atoms with Crippen LogP contribution in [-0.4, -0.2) is 23.1 Å². The van der Waals surface area contributed by atoms with Crippen LogP contribution in [0.2, 0.25) is 10.0 Å². The highest BCUT2D eigenvalue weighted by Crippen LogP contribution is 2.36. The van der Waals surface area contributed by atoms with Crippen LogP contribution in [0.25, 0.3) is 17.0 Å². The Morgan fingerprint density at radius 2 is 1.92 bits per heavy atom. The number of para-hydroxylation sites is 1. The maximum atomic E-state index is 12.9. The van der Waals surface area contributed by atoms with Gasteiger partial charge in [0.2, 0.25) is 0 Å². The van der Waals surface area contributed by atoms with Crippen molar-refractivity contribution in [2.45, 2.75) is 25.9 Å². The van der Waals surface area contributed by atoms with E-state index in [9.17, 15) is 4.79 Å². The number of halogens is 2. The van der Waals surface area contributed by atoms with Crippen LogP contribution in [0.5, 0.6) is 5.75 Å². The number of methoxy groups -OCH3 is 1. The predicted molar refractivity (Wildman–Crippen MR) is 151 cm³/mol. The van der Waals surface area contributed by atoms with Gasteiger partial charge in [0.05, 0.1) is 17.7 Å². The number of hydrogen-bond acceptors (Lipinski definition) is 4. The first-order valence-corrected chi connectivity index (χ1v) is 13.1. The van der Waals surface area contributed by atoms with E-state index in [-0.39, 0.29) is 11.4 Å². The Morgan fingerprint density at radius 1 is 1.11 bits per heavy atom. The zero-order valence-electron chi connectivity index (χ0n) is 20.1. The lowest BCUT2D eigenvalue weighted by Crippen LogP contribution is -2.31. The highest BCUT2D eigenvalue weighted by Gasteiger charge is 2.28. The van der Waals surface area contributed by atoms with Gasteiger partial charge in [-0.15, -0.1) is 0 Å². The average Bonchev–Trinajstić information content (AvgIpc) is 3.32. The Labute approximate surface area is 224 Å². The van der Waals surface area contributed by atoms with E-state index in [4.69, 9.17) is 27.9 Å². The summed E-state index contributed by atoms with van der Waals surface area (Å²) in [5, 5.41) is 8.73. The van der Waals surface area contributed by atoms with Crippen molar-refractivity contribution in [3.63, 3.8) is 0 Å². The lowest BCUT2D eigenvalue weighted by atomic mass is 10.1. The Bertz CT molecular complexity index is 1510. The van der Waals surface area contributed by atoms with E-state index in [1.54, 1.807) is 13.2 Å². The summed E-state index contributed by atoms with van der Waals surface area (Å²) in [6, 6.07) is 19.7. The largest absolute Gasteiger partial charge is 0.495 e. The highest BCUT2D eigenvalue weighted by atomic mass is 35.5. The Balaban J connectivity index is 1.47. The summed E-state index contributed by atoms with van der Waals surface area (Å²) in [5.74, 6) is 0.619. The fourth-order valence-corrected chi connectivity index (χ4v) is 5.86. The van der Waals surface area contributed by atoms with E-state index < -0.39 is 0 Å². The smallest absolute Gasteiger partial charge is 0.260 e. The molecule has 2 heterocycles. The normalized spacial score (nSPS) is 16.5. The van der Waals surface area contributed by atoms with E-state index in [0.717, 1.165) is 44.7 Å². The Kier molecular flexibility index (Phi) is 6.93. The van der Waals surface area contributed by atoms with Crippen LogP contribution in [0.4, 0.5) is 5.69 Å². The molecule has 184 valence electrons. The average molecular weight is 539 g/mol. The Morgan fingerprint density at radius 3 is 2.69 bits per heavy atom. The molecule has 1 aromatic heterocycles. The van der Waals surface area contributed by atoms with Gasteiger partial charge in [0, 0.05) is 38.8 Å². The highest BCUT2D eigenvalue weighted by molar-refractivity contribution is 8.05. The second-order valence-electron chi connectivity index (χ2n) is 8.67. The molecule has 36 heavy (non-hydrogen) atoms. The number of nitrogens with zero attached hydrogens (tertiary/aromatic N) is 1. The number of rotatable bonds is 6. The van der Waals surface area contributed by atoms with E-state index >= 15 is 0 Å². The second kappa shape index (κ2) is 10.1. The first kappa shape index (κ1) is 24.6. The third-order valence-corrected chi connectivity index (χ3v) is 7.89. The van der Waals surface area contributed by atoms with Gasteiger partial charge < -0.3 is 19.9 Å². The molecule has 8 heteroatoms. The van der Waals surface area contributed by atoms with Crippen LogP contribution >= 0.6 is 35.0 Å². The summed E-state index contributed by atoms with van der Waals surface area (Å²) in [5.41, 5.74) is 5.77. The van der Waals surface area contributed by atoms with Crippen molar-refractivity contribution in [3.8, 4) is 5.75 Å². The predicted octanol–water partition coefficient (Wildman–Crippen LogP) is 7.22. The molecule has 0 aliphatic carbocycles. The molecule has 1 aliphatic rings. The summed E-state index contributed by atoms with van der Waals surface area (Å²) in [7, 11) is 1.64. The van der Waals surface area contributed by atoms with Crippen molar-refractivity contribution in [1.82, 2.24) is 9.88 Å². The molecule has 4 aromatic rings. The fourth-order valence-electron chi connectivity index (χ4n) is 4.44. The lowest BCUT2D eigenvalue weighted by Gasteiger charge is -2.16. The first-order chi connectivity index (χ1) is 17.3. The van der Waals surface area contributed by atoms with Crippen LogP contribution in [-0.2, 0) is 11.3 Å². The van der Waals surface area contributed by atoms with Gasteiger partial charge in [-0.3, -0.25) is 4.79 Å². The van der Waals surface area contributed by atoms with E-state index in [1.165, 1.54) is 11.8 Å². The second-order valence-corrected chi connectivity index (χ2v) is 10.7. The van der Waals surface area contributed by atoms with Crippen LogP contribution < -0.4 is 15.4 Å². The number of hydrogen-bond donors (Lipinski definition) is 2. The minimum Gasteiger partial charge on any atom is -0.495 e. The zero-order valence-corrected chi connectivity index (χ0v) is 22.4. The Hall–Kier alpha value is -3.06. The maximum absolute atomic E-state index is 12.9. The number of amides is 1. The number of aromatic nitrogens is 1. The van der Waals surface area contributed by atoms with Gasteiger partial charge in [-0.25, -0.2) is 0 Å². The molecular weight excluding hydrogens is 513 g/mol. The summed E-state index contributed by atoms with van der Waals surface area (Å²) in [6.07, 6.45) is 1.98. The molecule has 5 rings (SSSR count). The molecule has 3 aromatic carbocycles. The molecule has 1 saturated heterocycles. The van der Waals surface area contributed by atoms with Crippen molar-refractivity contribution in [1.29, 1.82) is 0 Å². The quantitative estimate of drug-likeness (QED) is 0.255. The minimum atomic E-state index is -0.305. The number of nitrogens with one attached hydrogen (secondary N) is 2. The van der Waals surface area contributed by atoms with Gasteiger partial charge in [0.1, 0.15) is 5.75 Å². The molecule has 1 aliphatic heterocycles. The van der Waals surface area contributed by atoms with E-state index in [2.05, 4.69) is 34.3 Å². The molecule has 5 nitrogen and oxygen atoms in total. The molecule has 1 atom stereocenters. The molecule has 1 fully saturated rings. The summed E-state index contributed by atoms with van der Waals surface area (Å²) < 4.78 is 7.70. The number of aryl methyl sites for hydroxylation is 1. The van der Waals surface area contributed by atoms with Crippen molar-refractivity contribution >= 4 is 63.5 Å². The van der Waals surface area contributed by atoms with Gasteiger partial charge in [-0.05, 0) is 61.4 Å². The molecule has 0 radical (unpaired) electrons. The number of thioether (sulfide) groups is 1. The van der Waals surface area contributed by atoms with Crippen LogP contribution in [0.1, 0.15) is 22.4 Å². The van der Waals surface area contributed by atoms with Gasteiger partial charge in [-0.2, -0.15) is 0 Å². The zero-order chi connectivity index (χ0) is 25.4. The summed E-state index contributed by atoms with van der Waals surface area (Å²) >= 11 is 14.0. The molecule has 0 saturated carbocycles. The van der Waals surface area contributed by atoms with Crippen LogP contribution in [0.15, 0.2) is 65.6 Å². The van der Waals surface area contributed by atoms with Crippen molar-refractivity contribution < 1.29 is 9.53 Å². The van der Waals surface area contributed by atoms with Crippen molar-refractivity contribution in [2.24, 2.45) is 0 Å². The van der Waals surface area contributed by atoms with Crippen molar-refractivity contribution in [2.75, 3.05) is 12.4 Å². The number of benzene rings is 3. The van der Waals surface area contributed by atoms with E-state index in [0.29, 0.717) is 21.5 Å². The number of anilines is 1. The monoisotopic (exact) mass is 537 g/mol. The standard InChI is InChI=1S/C28H25Cl2N3O2S/c1-16-8-11-25(35-3)23(12-16)31-28-32-27(34)26(36-28)14-21-17(2)33(24-7-5-4-6-20(21)24)15-18-9-10-19(29)13-22(18)30/h4-14,28,31H,15H2,1-3H3,(H,32,34)/b26-14-. The SMILES string of the molecule is COc1ccc(C)cc1NC1NC(=O)/C(=C/c2c(C)n(Cc3ccc(Cl)cc3Cl)c3ccccc23)S1. The number of fused-ring (bicyclic) bond motifs is 1. The van der Waals surface area contributed by atoms with Crippen LogP contribution in [0, 0.1) is 13.8 Å². The number of ether oxygens (including phenoxy) is 1. The molecule has 0 spiro atoms. The number of carbonyl (C=O) groups is 1. The minimum absolute atomic E-state index is 0.110. The third kappa shape index (κ3) is 4.81. The molecular formula is C28H25Cl2N3O2S. The molecule has 1 unspecified atom stereocenters. The fraction of sp³-hybridized carbons (Fsp3) is 0.179. The van der Waals surface area contributed by atoms with Gasteiger partial charge in [-0.1, -0.05) is 65.3 Å².